The van der Waals surface area contributed by atoms with E-state index in [9.17, 15) is 18.5 Å². The minimum atomic E-state index is -3.67. The van der Waals surface area contributed by atoms with Gasteiger partial charge in [0.1, 0.15) is 13.2 Å². The first-order valence-electron chi connectivity index (χ1n) is 9.92. The third-order valence-electron chi connectivity index (χ3n) is 5.42. The summed E-state index contributed by atoms with van der Waals surface area (Å²) in [5, 5.41) is 10.8. The average Bonchev–Trinajstić information content (AvgIpc) is 2.79. The number of non-ortho nitro benzene ring substituents is 1. The molecule has 2 aromatic rings. The average molecular weight is 449 g/mol. The van der Waals surface area contributed by atoms with E-state index in [1.807, 2.05) is 0 Å². The SMILES string of the molecule is CN(CN1CCN(c2ccc([N+](=O)[O-])cc2)CC1)S(=O)(=O)c1ccc2c(c1)OCCO2. The Balaban J connectivity index is 1.36. The predicted molar refractivity (Wildman–Crippen MR) is 114 cm³/mol. The number of hydrogen-bond acceptors (Lipinski definition) is 8. The number of piperazine rings is 1. The molecule has 0 bridgehead atoms. The van der Waals surface area contributed by atoms with Crippen LogP contribution in [0.25, 0.3) is 0 Å². The van der Waals surface area contributed by atoms with E-state index < -0.39 is 14.9 Å². The second-order valence-electron chi connectivity index (χ2n) is 7.43. The highest BCUT2D eigenvalue weighted by molar-refractivity contribution is 7.89. The lowest BCUT2D eigenvalue weighted by Crippen LogP contribution is -2.50. The van der Waals surface area contributed by atoms with Crippen LogP contribution in [-0.4, -0.2) is 75.7 Å². The van der Waals surface area contributed by atoms with Crippen molar-refractivity contribution in [3.63, 3.8) is 0 Å². The number of nitrogens with zero attached hydrogens (tertiary/aromatic N) is 4. The molecule has 0 atom stereocenters. The van der Waals surface area contributed by atoms with Crippen molar-refractivity contribution < 1.29 is 22.8 Å². The van der Waals surface area contributed by atoms with Crippen LogP contribution in [0.5, 0.6) is 11.5 Å². The maximum absolute atomic E-state index is 13.0. The van der Waals surface area contributed by atoms with Crippen molar-refractivity contribution in [1.82, 2.24) is 9.21 Å². The van der Waals surface area contributed by atoms with Gasteiger partial charge in [-0.3, -0.25) is 15.0 Å². The largest absolute Gasteiger partial charge is 0.486 e. The zero-order valence-electron chi connectivity index (χ0n) is 17.1. The molecule has 1 saturated heterocycles. The summed E-state index contributed by atoms with van der Waals surface area (Å²) < 4.78 is 38.3. The lowest BCUT2D eigenvalue weighted by Gasteiger charge is -2.37. The molecule has 10 nitrogen and oxygen atoms in total. The molecule has 0 aromatic heterocycles. The van der Waals surface area contributed by atoms with Crippen molar-refractivity contribution in [3.8, 4) is 11.5 Å². The number of nitro groups is 1. The van der Waals surface area contributed by atoms with E-state index in [-0.39, 0.29) is 17.3 Å². The van der Waals surface area contributed by atoms with Crippen molar-refractivity contribution in [2.45, 2.75) is 4.90 Å². The summed E-state index contributed by atoms with van der Waals surface area (Å²) in [4.78, 5) is 14.8. The summed E-state index contributed by atoms with van der Waals surface area (Å²) in [6.07, 6.45) is 0. The predicted octanol–water partition coefficient (Wildman–Crippen LogP) is 1.77. The normalized spacial score (nSPS) is 17.0. The van der Waals surface area contributed by atoms with Crippen molar-refractivity contribution in [1.29, 1.82) is 0 Å². The number of nitro benzene ring substituents is 1. The molecule has 4 rings (SSSR count). The monoisotopic (exact) mass is 448 g/mol. The summed E-state index contributed by atoms with van der Waals surface area (Å²) in [5.41, 5.74) is 0.982. The first-order valence-corrected chi connectivity index (χ1v) is 11.4. The fourth-order valence-corrected chi connectivity index (χ4v) is 4.83. The molecule has 1 fully saturated rings. The molecule has 0 unspecified atom stereocenters. The Kier molecular flexibility index (Phi) is 5.99. The van der Waals surface area contributed by atoms with Gasteiger partial charge in [-0.25, -0.2) is 8.42 Å². The van der Waals surface area contributed by atoms with Gasteiger partial charge in [0.25, 0.3) is 5.69 Å². The molecule has 2 aromatic carbocycles. The van der Waals surface area contributed by atoms with E-state index in [0.717, 1.165) is 5.69 Å². The summed E-state index contributed by atoms with van der Waals surface area (Å²) >= 11 is 0. The Morgan fingerprint density at radius 1 is 1.00 bits per heavy atom. The Morgan fingerprint density at radius 3 is 2.29 bits per heavy atom. The van der Waals surface area contributed by atoms with Gasteiger partial charge < -0.3 is 14.4 Å². The van der Waals surface area contributed by atoms with Crippen LogP contribution in [0.2, 0.25) is 0 Å². The van der Waals surface area contributed by atoms with E-state index in [2.05, 4.69) is 9.80 Å². The number of benzene rings is 2. The highest BCUT2D eigenvalue weighted by Crippen LogP contribution is 2.33. The van der Waals surface area contributed by atoms with Gasteiger partial charge in [0.2, 0.25) is 10.0 Å². The maximum Gasteiger partial charge on any atom is 0.269 e. The molecule has 2 heterocycles. The Morgan fingerprint density at radius 2 is 1.65 bits per heavy atom. The lowest BCUT2D eigenvalue weighted by atomic mass is 10.2. The van der Waals surface area contributed by atoms with E-state index in [4.69, 9.17) is 9.47 Å². The van der Waals surface area contributed by atoms with Crippen molar-refractivity contribution in [2.75, 3.05) is 58.0 Å². The number of fused-ring (bicyclic) bond motifs is 1. The lowest BCUT2D eigenvalue weighted by molar-refractivity contribution is -0.384. The van der Waals surface area contributed by atoms with Crippen molar-refractivity contribution in [2.24, 2.45) is 0 Å². The number of rotatable bonds is 6. The molecule has 166 valence electrons. The van der Waals surface area contributed by atoms with Gasteiger partial charge in [0, 0.05) is 57.1 Å². The highest BCUT2D eigenvalue weighted by Gasteiger charge is 2.27. The first kappa shape index (κ1) is 21.3. The van der Waals surface area contributed by atoms with E-state index in [0.29, 0.717) is 50.9 Å². The first-order chi connectivity index (χ1) is 14.8. The fraction of sp³-hybridized carbons (Fsp3) is 0.400. The summed E-state index contributed by atoms with van der Waals surface area (Å²) in [6, 6.07) is 11.1. The standard InChI is InChI=1S/C20H24N4O6S/c1-21(31(27,28)18-6-7-19-20(14-18)30-13-12-29-19)15-22-8-10-23(11-9-22)16-2-4-17(5-3-16)24(25)26/h2-7,14H,8-13,15H2,1H3. The Hall–Kier alpha value is -2.89. The van der Waals surface area contributed by atoms with Crippen LogP contribution in [0.3, 0.4) is 0 Å². The minimum Gasteiger partial charge on any atom is -0.486 e. The number of ether oxygens (including phenoxy) is 2. The third-order valence-corrected chi connectivity index (χ3v) is 7.20. The van der Waals surface area contributed by atoms with Crippen molar-refractivity contribution in [3.05, 3.63) is 52.6 Å². The highest BCUT2D eigenvalue weighted by atomic mass is 32.2. The van der Waals surface area contributed by atoms with Crippen LogP contribution in [0, 0.1) is 10.1 Å². The van der Waals surface area contributed by atoms with Gasteiger partial charge in [-0.1, -0.05) is 0 Å². The molecule has 0 aliphatic carbocycles. The van der Waals surface area contributed by atoms with E-state index in [1.165, 1.54) is 28.6 Å². The van der Waals surface area contributed by atoms with Gasteiger partial charge >= 0.3 is 0 Å². The second kappa shape index (κ2) is 8.69. The summed E-state index contributed by atoms with van der Waals surface area (Å²) in [5.74, 6) is 0.993. The molecule has 0 saturated carbocycles. The molecule has 31 heavy (non-hydrogen) atoms. The summed E-state index contributed by atoms with van der Waals surface area (Å²) in [6.45, 7) is 3.88. The van der Waals surface area contributed by atoms with Gasteiger partial charge in [-0.2, -0.15) is 4.31 Å². The van der Waals surface area contributed by atoms with Crippen LogP contribution >= 0.6 is 0 Å². The Labute approximate surface area is 180 Å². The smallest absolute Gasteiger partial charge is 0.269 e. The molecule has 0 N–H and O–H groups in total. The van der Waals surface area contributed by atoms with Gasteiger partial charge in [0.05, 0.1) is 16.5 Å². The molecular weight excluding hydrogens is 424 g/mol. The maximum atomic E-state index is 13.0. The van der Waals surface area contributed by atoms with Gasteiger partial charge in [-0.15, -0.1) is 0 Å². The molecule has 11 heteroatoms. The number of hydrogen-bond donors (Lipinski definition) is 0. The topological polar surface area (TPSA) is 105 Å². The molecule has 0 spiro atoms. The number of anilines is 1. The van der Waals surface area contributed by atoms with Crippen LogP contribution in [-0.2, 0) is 10.0 Å². The molecule has 0 radical (unpaired) electrons. The van der Waals surface area contributed by atoms with E-state index >= 15 is 0 Å². The van der Waals surface area contributed by atoms with Crippen LogP contribution in [0.4, 0.5) is 11.4 Å². The minimum absolute atomic E-state index is 0.0633. The molecular formula is C20H24N4O6S. The van der Waals surface area contributed by atoms with Crippen LogP contribution in [0.15, 0.2) is 47.4 Å². The van der Waals surface area contributed by atoms with Gasteiger partial charge in [-0.05, 0) is 24.3 Å². The fourth-order valence-electron chi connectivity index (χ4n) is 3.65. The van der Waals surface area contributed by atoms with E-state index in [1.54, 1.807) is 25.2 Å². The molecule has 2 aliphatic heterocycles. The second-order valence-corrected chi connectivity index (χ2v) is 9.47. The Bertz CT molecular complexity index is 1050. The molecule has 0 amide bonds. The number of sulfonamides is 1. The quantitative estimate of drug-likeness (QED) is 0.486. The van der Waals surface area contributed by atoms with Crippen molar-refractivity contribution >= 4 is 21.4 Å². The summed E-state index contributed by atoms with van der Waals surface area (Å²) in [7, 11) is -2.11. The molecule has 2 aliphatic rings. The zero-order valence-corrected chi connectivity index (χ0v) is 18.0. The van der Waals surface area contributed by atoms with Crippen LogP contribution < -0.4 is 14.4 Å². The zero-order chi connectivity index (χ0) is 22.0. The van der Waals surface area contributed by atoms with Crippen LogP contribution in [0.1, 0.15) is 0 Å². The third kappa shape index (κ3) is 4.58. The van der Waals surface area contributed by atoms with Gasteiger partial charge in [0.15, 0.2) is 11.5 Å².